The van der Waals surface area contributed by atoms with Crippen molar-refractivity contribution >= 4 is 17.3 Å². The molecule has 1 N–H and O–H groups in total. The smallest absolute Gasteiger partial charge is 0.348 e. The van der Waals surface area contributed by atoms with Crippen molar-refractivity contribution in [3.63, 3.8) is 0 Å². The molecule has 0 spiro atoms. The van der Waals surface area contributed by atoms with Crippen LogP contribution in [0, 0.1) is 0 Å². The van der Waals surface area contributed by atoms with Crippen LogP contribution < -0.4 is 0 Å². The van der Waals surface area contributed by atoms with E-state index in [0.29, 0.717) is 17.7 Å². The summed E-state index contributed by atoms with van der Waals surface area (Å²) in [5.74, 6) is -0.291. The van der Waals surface area contributed by atoms with E-state index in [0.717, 1.165) is 5.56 Å². The summed E-state index contributed by atoms with van der Waals surface area (Å²) in [6, 6.07) is 1.90. The third kappa shape index (κ3) is 2.82. The van der Waals surface area contributed by atoms with Crippen LogP contribution in [0.25, 0.3) is 0 Å². The summed E-state index contributed by atoms with van der Waals surface area (Å²) >= 11 is 1.38. The molecule has 0 aromatic carbocycles. The van der Waals surface area contributed by atoms with Crippen LogP contribution in [0.2, 0.25) is 0 Å². The first-order chi connectivity index (χ1) is 6.65. The fourth-order valence-corrected chi connectivity index (χ4v) is 2.04. The van der Waals surface area contributed by atoms with E-state index in [1.54, 1.807) is 6.92 Å². The molecule has 0 bridgehead atoms. The second-order valence-corrected chi connectivity index (χ2v) is 4.07. The fraction of sp³-hybridized carbons (Fsp3) is 0.500. The van der Waals surface area contributed by atoms with Crippen molar-refractivity contribution in [3.05, 3.63) is 21.9 Å². The van der Waals surface area contributed by atoms with Gasteiger partial charge < -0.3 is 9.84 Å². The molecule has 14 heavy (non-hydrogen) atoms. The van der Waals surface area contributed by atoms with Crippen molar-refractivity contribution in [1.29, 1.82) is 0 Å². The molecule has 1 rings (SSSR count). The Labute approximate surface area is 87.3 Å². The van der Waals surface area contributed by atoms with Gasteiger partial charge in [0, 0.05) is 0 Å². The maximum absolute atomic E-state index is 11.3. The highest BCUT2D eigenvalue weighted by Gasteiger charge is 2.13. The highest BCUT2D eigenvalue weighted by atomic mass is 32.1. The van der Waals surface area contributed by atoms with Crippen molar-refractivity contribution in [1.82, 2.24) is 0 Å². The Kier molecular flexibility index (Phi) is 4.10. The molecule has 0 radical (unpaired) electrons. The van der Waals surface area contributed by atoms with E-state index in [1.165, 1.54) is 18.4 Å². The number of carbonyl (C=O) groups is 1. The zero-order valence-corrected chi connectivity index (χ0v) is 9.13. The Hall–Kier alpha value is -0.870. The number of aryl methyl sites for hydroxylation is 1. The van der Waals surface area contributed by atoms with Crippen LogP contribution in [-0.4, -0.2) is 24.3 Å². The minimum atomic E-state index is -0.333. The molecule has 1 aromatic rings. The number of ether oxygens (including phenoxy) is 1. The van der Waals surface area contributed by atoms with Gasteiger partial charge in [0.25, 0.3) is 0 Å². The zero-order valence-electron chi connectivity index (χ0n) is 8.32. The number of carbonyl (C=O) groups excluding carboxylic acids is 1. The van der Waals surface area contributed by atoms with E-state index >= 15 is 0 Å². The lowest BCUT2D eigenvalue weighted by Crippen LogP contribution is -2.05. The SMILES string of the molecule is COC(=O)c1sccc1CCC(C)O. The summed E-state index contributed by atoms with van der Waals surface area (Å²) in [5.41, 5.74) is 0.961. The predicted octanol–water partition coefficient (Wildman–Crippen LogP) is 1.85. The van der Waals surface area contributed by atoms with Crippen LogP contribution in [0.3, 0.4) is 0 Å². The van der Waals surface area contributed by atoms with Crippen LogP contribution in [0.5, 0.6) is 0 Å². The Balaban J connectivity index is 2.67. The van der Waals surface area contributed by atoms with Crippen LogP contribution in [-0.2, 0) is 11.2 Å². The number of aliphatic hydroxyl groups is 1. The van der Waals surface area contributed by atoms with Gasteiger partial charge in [-0.15, -0.1) is 11.3 Å². The van der Waals surface area contributed by atoms with Gasteiger partial charge in [0.1, 0.15) is 4.88 Å². The molecule has 4 heteroatoms. The molecule has 1 unspecified atom stereocenters. The van der Waals surface area contributed by atoms with Gasteiger partial charge in [-0.3, -0.25) is 0 Å². The van der Waals surface area contributed by atoms with E-state index in [-0.39, 0.29) is 12.1 Å². The maximum Gasteiger partial charge on any atom is 0.348 e. The second kappa shape index (κ2) is 5.12. The lowest BCUT2D eigenvalue weighted by Gasteiger charge is -2.04. The second-order valence-electron chi connectivity index (χ2n) is 3.15. The number of hydrogen-bond donors (Lipinski definition) is 1. The molecule has 1 aromatic heterocycles. The van der Waals surface area contributed by atoms with Crippen LogP contribution in [0.15, 0.2) is 11.4 Å². The first kappa shape index (κ1) is 11.2. The number of hydrogen-bond acceptors (Lipinski definition) is 4. The topological polar surface area (TPSA) is 46.5 Å². The van der Waals surface area contributed by atoms with Crippen molar-refractivity contribution in [3.8, 4) is 0 Å². The van der Waals surface area contributed by atoms with E-state index in [4.69, 9.17) is 5.11 Å². The average Bonchev–Trinajstić information content (AvgIpc) is 2.61. The summed E-state index contributed by atoms with van der Waals surface area (Å²) in [6.07, 6.45) is 1.05. The monoisotopic (exact) mass is 214 g/mol. The molecular formula is C10H14O3S. The zero-order chi connectivity index (χ0) is 10.6. The average molecular weight is 214 g/mol. The van der Waals surface area contributed by atoms with E-state index in [9.17, 15) is 4.79 Å². The highest BCUT2D eigenvalue weighted by Crippen LogP contribution is 2.19. The van der Waals surface area contributed by atoms with Gasteiger partial charge in [0.15, 0.2) is 0 Å². The molecule has 0 saturated carbocycles. The summed E-state index contributed by atoms with van der Waals surface area (Å²) in [4.78, 5) is 11.9. The van der Waals surface area contributed by atoms with Gasteiger partial charge in [-0.2, -0.15) is 0 Å². The van der Waals surface area contributed by atoms with Gasteiger partial charge in [0.05, 0.1) is 13.2 Å². The molecule has 3 nitrogen and oxygen atoms in total. The molecule has 0 aliphatic heterocycles. The normalized spacial score (nSPS) is 12.5. The minimum Gasteiger partial charge on any atom is -0.465 e. The van der Waals surface area contributed by atoms with E-state index < -0.39 is 0 Å². The Bertz CT molecular complexity index is 304. The summed E-state index contributed by atoms with van der Waals surface area (Å²) in [7, 11) is 1.38. The third-order valence-corrected chi connectivity index (χ3v) is 2.89. The van der Waals surface area contributed by atoms with E-state index in [1.807, 2.05) is 11.4 Å². The number of methoxy groups -OCH3 is 1. The quantitative estimate of drug-likeness (QED) is 0.778. The van der Waals surface area contributed by atoms with Crippen LogP contribution >= 0.6 is 11.3 Å². The summed E-state index contributed by atoms with van der Waals surface area (Å²) in [6.45, 7) is 1.74. The highest BCUT2D eigenvalue weighted by molar-refractivity contribution is 7.12. The number of rotatable bonds is 4. The largest absolute Gasteiger partial charge is 0.465 e. The molecular weight excluding hydrogens is 200 g/mol. The molecule has 0 aliphatic rings. The van der Waals surface area contributed by atoms with Gasteiger partial charge in [-0.25, -0.2) is 4.79 Å². The summed E-state index contributed by atoms with van der Waals surface area (Å²) in [5, 5.41) is 11.0. The maximum atomic E-state index is 11.3. The molecule has 0 aliphatic carbocycles. The molecule has 78 valence electrons. The number of esters is 1. The van der Waals surface area contributed by atoms with Crippen molar-refractivity contribution < 1.29 is 14.6 Å². The van der Waals surface area contributed by atoms with Gasteiger partial charge in [-0.1, -0.05) is 0 Å². The first-order valence-corrected chi connectivity index (χ1v) is 5.36. The van der Waals surface area contributed by atoms with Crippen LogP contribution in [0.4, 0.5) is 0 Å². The molecule has 0 fully saturated rings. The molecule has 1 heterocycles. The predicted molar refractivity (Wildman–Crippen MR) is 55.7 cm³/mol. The van der Waals surface area contributed by atoms with Crippen LogP contribution in [0.1, 0.15) is 28.6 Å². The van der Waals surface area contributed by atoms with Crippen molar-refractivity contribution in [2.75, 3.05) is 7.11 Å². The summed E-state index contributed by atoms with van der Waals surface area (Å²) < 4.78 is 4.65. The van der Waals surface area contributed by atoms with Gasteiger partial charge in [-0.05, 0) is 36.8 Å². The first-order valence-electron chi connectivity index (χ1n) is 4.48. The number of aliphatic hydroxyl groups excluding tert-OH is 1. The number of thiophene rings is 1. The lowest BCUT2D eigenvalue weighted by atomic mass is 10.1. The molecule has 1 atom stereocenters. The Morgan fingerprint density at radius 1 is 1.71 bits per heavy atom. The third-order valence-electron chi connectivity index (χ3n) is 1.95. The fourth-order valence-electron chi connectivity index (χ4n) is 1.17. The molecule has 0 saturated heterocycles. The Morgan fingerprint density at radius 2 is 2.43 bits per heavy atom. The van der Waals surface area contributed by atoms with E-state index in [2.05, 4.69) is 4.74 Å². The minimum absolute atomic E-state index is 0.291. The van der Waals surface area contributed by atoms with Gasteiger partial charge >= 0.3 is 5.97 Å². The Morgan fingerprint density at radius 3 is 3.00 bits per heavy atom. The standard InChI is InChI=1S/C10H14O3S/c1-7(11)3-4-8-5-6-14-9(8)10(12)13-2/h5-7,11H,3-4H2,1-2H3. The van der Waals surface area contributed by atoms with Crippen molar-refractivity contribution in [2.24, 2.45) is 0 Å². The molecule has 0 amide bonds. The van der Waals surface area contributed by atoms with Gasteiger partial charge in [0.2, 0.25) is 0 Å². The van der Waals surface area contributed by atoms with Crippen molar-refractivity contribution in [2.45, 2.75) is 25.9 Å². The lowest BCUT2D eigenvalue weighted by molar-refractivity contribution is 0.0604.